The van der Waals surface area contributed by atoms with Crippen molar-refractivity contribution >= 4 is 5.91 Å². The van der Waals surface area contributed by atoms with Gasteiger partial charge in [-0.15, -0.1) is 10.2 Å². The quantitative estimate of drug-likeness (QED) is 0.867. The third-order valence-corrected chi connectivity index (χ3v) is 5.08. The molecule has 0 bridgehead atoms. The summed E-state index contributed by atoms with van der Waals surface area (Å²) >= 11 is 0. The van der Waals surface area contributed by atoms with Gasteiger partial charge in [0.2, 0.25) is 5.91 Å². The molecule has 1 aromatic heterocycles. The van der Waals surface area contributed by atoms with Crippen molar-refractivity contribution < 1.29 is 4.79 Å². The second-order valence-electron chi connectivity index (χ2n) is 7.03. The van der Waals surface area contributed by atoms with Crippen molar-refractivity contribution in [3.8, 4) is 5.69 Å². The molecule has 1 aliphatic rings. The predicted octanol–water partition coefficient (Wildman–Crippen LogP) is 3.09. The van der Waals surface area contributed by atoms with Crippen LogP contribution in [0.3, 0.4) is 0 Å². The van der Waals surface area contributed by atoms with Crippen LogP contribution in [-0.2, 0) is 11.2 Å². The Morgan fingerprint density at radius 2 is 1.83 bits per heavy atom. The Morgan fingerprint density at radius 3 is 2.50 bits per heavy atom. The lowest BCUT2D eigenvalue weighted by Crippen LogP contribution is -2.33. The summed E-state index contributed by atoms with van der Waals surface area (Å²) in [4.78, 5) is 14.7. The van der Waals surface area contributed by atoms with Crippen LogP contribution >= 0.6 is 0 Å². The molecule has 1 atom stereocenters. The average Bonchev–Trinajstić information content (AvgIpc) is 2.99. The van der Waals surface area contributed by atoms with Gasteiger partial charge in [0.25, 0.3) is 0 Å². The molecular weight excluding hydrogens is 300 g/mol. The van der Waals surface area contributed by atoms with Crippen LogP contribution in [-0.4, -0.2) is 38.7 Å². The van der Waals surface area contributed by atoms with E-state index in [9.17, 15) is 4.79 Å². The van der Waals surface area contributed by atoms with E-state index in [-0.39, 0.29) is 5.91 Å². The fraction of sp³-hybridized carbons (Fsp3) is 0.526. The van der Waals surface area contributed by atoms with Crippen LogP contribution in [0.15, 0.2) is 36.9 Å². The fourth-order valence-corrected chi connectivity index (χ4v) is 3.44. The van der Waals surface area contributed by atoms with Crippen LogP contribution in [0.4, 0.5) is 0 Å². The molecule has 1 aromatic carbocycles. The van der Waals surface area contributed by atoms with Gasteiger partial charge in [0.15, 0.2) is 0 Å². The largest absolute Gasteiger partial charge is 0.342 e. The zero-order valence-electron chi connectivity index (χ0n) is 14.6. The van der Waals surface area contributed by atoms with Crippen LogP contribution in [0.2, 0.25) is 0 Å². The van der Waals surface area contributed by atoms with E-state index in [1.54, 1.807) is 12.7 Å². The lowest BCUT2D eigenvalue weighted by atomic mass is 9.89. The summed E-state index contributed by atoms with van der Waals surface area (Å²) in [6, 6.07) is 8.04. The smallest absolute Gasteiger partial charge is 0.226 e. The van der Waals surface area contributed by atoms with Gasteiger partial charge in [0.1, 0.15) is 12.7 Å². The normalized spacial score (nSPS) is 18.6. The highest BCUT2D eigenvalue weighted by Gasteiger charge is 2.22. The molecule has 0 radical (unpaired) electrons. The van der Waals surface area contributed by atoms with Crippen LogP contribution in [0, 0.1) is 11.8 Å². The molecule has 0 spiro atoms. The Morgan fingerprint density at radius 1 is 1.12 bits per heavy atom. The Bertz CT molecular complexity index is 649. The van der Waals surface area contributed by atoms with E-state index in [0.29, 0.717) is 12.3 Å². The maximum atomic E-state index is 12.6. The standard InChI is InChI=1S/C19H26N4O/c1-15(2)17-4-3-10-22(11-9-17)19(24)12-16-5-7-18(8-6-16)23-13-20-21-14-23/h5-8,13-15,17H,3-4,9-12H2,1-2H3. The van der Waals surface area contributed by atoms with Crippen molar-refractivity contribution in [2.45, 2.75) is 39.5 Å². The van der Waals surface area contributed by atoms with Gasteiger partial charge in [0.05, 0.1) is 6.42 Å². The number of carbonyl (C=O) groups is 1. The number of amides is 1. The minimum Gasteiger partial charge on any atom is -0.342 e. The van der Waals surface area contributed by atoms with E-state index in [4.69, 9.17) is 0 Å². The van der Waals surface area contributed by atoms with Crippen molar-refractivity contribution in [1.82, 2.24) is 19.7 Å². The number of nitrogens with zero attached hydrogens (tertiary/aromatic N) is 4. The molecule has 24 heavy (non-hydrogen) atoms. The van der Waals surface area contributed by atoms with Crippen LogP contribution in [0.1, 0.15) is 38.7 Å². The highest BCUT2D eigenvalue weighted by molar-refractivity contribution is 5.78. The lowest BCUT2D eigenvalue weighted by molar-refractivity contribution is -0.130. The molecule has 3 rings (SSSR count). The molecule has 1 unspecified atom stereocenters. The number of hydrogen-bond donors (Lipinski definition) is 0. The second-order valence-corrected chi connectivity index (χ2v) is 7.03. The minimum absolute atomic E-state index is 0.247. The third-order valence-electron chi connectivity index (χ3n) is 5.08. The van der Waals surface area contributed by atoms with Crippen molar-refractivity contribution in [3.05, 3.63) is 42.5 Å². The monoisotopic (exact) mass is 326 g/mol. The highest BCUT2D eigenvalue weighted by atomic mass is 16.2. The molecule has 1 saturated heterocycles. The van der Waals surface area contributed by atoms with Crippen molar-refractivity contribution in [3.63, 3.8) is 0 Å². The van der Waals surface area contributed by atoms with Crippen LogP contribution in [0.5, 0.6) is 0 Å². The molecule has 2 aromatic rings. The first-order chi connectivity index (χ1) is 11.6. The van der Waals surface area contributed by atoms with Gasteiger partial charge in [-0.3, -0.25) is 9.36 Å². The van der Waals surface area contributed by atoms with Gasteiger partial charge in [-0.25, -0.2) is 0 Å². The number of carbonyl (C=O) groups excluding carboxylic acids is 1. The molecule has 2 heterocycles. The summed E-state index contributed by atoms with van der Waals surface area (Å²) in [6.45, 7) is 6.39. The Hall–Kier alpha value is -2.17. The Balaban J connectivity index is 1.58. The molecular formula is C19H26N4O. The first kappa shape index (κ1) is 16.7. The van der Waals surface area contributed by atoms with Gasteiger partial charge in [-0.1, -0.05) is 26.0 Å². The van der Waals surface area contributed by atoms with Gasteiger partial charge >= 0.3 is 0 Å². The molecule has 0 saturated carbocycles. The van der Waals surface area contributed by atoms with Gasteiger partial charge in [-0.2, -0.15) is 0 Å². The van der Waals surface area contributed by atoms with E-state index in [1.165, 1.54) is 6.42 Å². The summed E-state index contributed by atoms with van der Waals surface area (Å²) < 4.78 is 1.85. The summed E-state index contributed by atoms with van der Waals surface area (Å²) in [6.07, 6.45) is 7.33. The molecule has 5 heteroatoms. The number of benzene rings is 1. The van der Waals surface area contributed by atoms with E-state index in [2.05, 4.69) is 28.9 Å². The average molecular weight is 326 g/mol. The molecule has 5 nitrogen and oxygen atoms in total. The van der Waals surface area contributed by atoms with Crippen LogP contribution < -0.4 is 0 Å². The maximum absolute atomic E-state index is 12.6. The van der Waals surface area contributed by atoms with Gasteiger partial charge in [-0.05, 0) is 48.8 Å². The SMILES string of the molecule is CC(C)C1CCCN(C(=O)Cc2ccc(-n3cnnc3)cc2)CC1. The number of aromatic nitrogens is 3. The number of hydrogen-bond acceptors (Lipinski definition) is 3. The lowest BCUT2D eigenvalue weighted by Gasteiger charge is -2.21. The molecule has 1 fully saturated rings. The Labute approximate surface area is 143 Å². The first-order valence-electron chi connectivity index (χ1n) is 8.85. The van der Waals surface area contributed by atoms with E-state index in [1.807, 2.05) is 28.8 Å². The predicted molar refractivity (Wildman–Crippen MR) is 93.8 cm³/mol. The third kappa shape index (κ3) is 4.02. The van der Waals surface area contributed by atoms with Crippen molar-refractivity contribution in [2.75, 3.05) is 13.1 Å². The summed E-state index contributed by atoms with van der Waals surface area (Å²) in [5.74, 6) is 1.72. The maximum Gasteiger partial charge on any atom is 0.226 e. The minimum atomic E-state index is 0.247. The summed E-state index contributed by atoms with van der Waals surface area (Å²) in [7, 11) is 0. The summed E-state index contributed by atoms with van der Waals surface area (Å²) in [5.41, 5.74) is 2.06. The van der Waals surface area contributed by atoms with Gasteiger partial charge in [0, 0.05) is 18.8 Å². The number of rotatable bonds is 4. The first-order valence-corrected chi connectivity index (χ1v) is 8.85. The van der Waals surface area contributed by atoms with Gasteiger partial charge < -0.3 is 4.90 Å². The molecule has 0 N–H and O–H groups in total. The number of likely N-dealkylation sites (tertiary alicyclic amines) is 1. The topological polar surface area (TPSA) is 51.0 Å². The fourth-order valence-electron chi connectivity index (χ4n) is 3.44. The zero-order chi connectivity index (χ0) is 16.9. The van der Waals surface area contributed by atoms with E-state index >= 15 is 0 Å². The molecule has 128 valence electrons. The molecule has 0 aliphatic carbocycles. The molecule has 1 amide bonds. The highest BCUT2D eigenvalue weighted by Crippen LogP contribution is 2.24. The van der Waals surface area contributed by atoms with Crippen LogP contribution in [0.25, 0.3) is 5.69 Å². The second kappa shape index (κ2) is 7.60. The Kier molecular flexibility index (Phi) is 5.28. The van der Waals surface area contributed by atoms with E-state index < -0.39 is 0 Å². The van der Waals surface area contributed by atoms with E-state index in [0.717, 1.165) is 43.1 Å². The van der Waals surface area contributed by atoms with Crippen molar-refractivity contribution in [1.29, 1.82) is 0 Å². The molecule has 1 aliphatic heterocycles. The summed E-state index contributed by atoms with van der Waals surface area (Å²) in [5, 5.41) is 7.62. The van der Waals surface area contributed by atoms with Crippen molar-refractivity contribution in [2.24, 2.45) is 11.8 Å². The zero-order valence-corrected chi connectivity index (χ0v) is 14.6.